The van der Waals surface area contributed by atoms with E-state index in [1.807, 2.05) is 0 Å². The lowest BCUT2D eigenvalue weighted by Gasteiger charge is -2.29. The van der Waals surface area contributed by atoms with Gasteiger partial charge >= 0.3 is 6.18 Å². The van der Waals surface area contributed by atoms with Crippen molar-refractivity contribution in [1.82, 2.24) is 5.32 Å². The molecule has 12 heavy (non-hydrogen) atoms. The molecule has 0 aromatic rings. The maximum absolute atomic E-state index is 11.9. The van der Waals surface area contributed by atoms with Crippen molar-refractivity contribution in [2.75, 3.05) is 6.54 Å². The van der Waals surface area contributed by atoms with Crippen LogP contribution in [0.2, 0.25) is 0 Å². The molecule has 5 heteroatoms. The van der Waals surface area contributed by atoms with Crippen LogP contribution in [0.3, 0.4) is 0 Å². The summed E-state index contributed by atoms with van der Waals surface area (Å²) in [4.78, 5) is 0. The van der Waals surface area contributed by atoms with Gasteiger partial charge in [-0.1, -0.05) is 6.42 Å². The highest BCUT2D eigenvalue weighted by atomic mass is 19.4. The monoisotopic (exact) mass is 183 g/mol. The van der Waals surface area contributed by atoms with Crippen LogP contribution in [-0.2, 0) is 0 Å². The lowest BCUT2D eigenvalue weighted by Crippen LogP contribution is -2.49. The Kier molecular flexibility index (Phi) is 2.95. The fourth-order valence-corrected chi connectivity index (χ4v) is 1.38. The van der Waals surface area contributed by atoms with Gasteiger partial charge < -0.3 is 10.4 Å². The molecule has 0 saturated carbocycles. The van der Waals surface area contributed by atoms with Crippen LogP contribution in [0.25, 0.3) is 0 Å². The van der Waals surface area contributed by atoms with Gasteiger partial charge in [-0.2, -0.15) is 13.2 Å². The average Bonchev–Trinajstić information content (AvgIpc) is 2.03. The van der Waals surface area contributed by atoms with Crippen molar-refractivity contribution in [1.29, 1.82) is 0 Å². The van der Waals surface area contributed by atoms with Gasteiger partial charge in [0.2, 0.25) is 0 Å². The van der Waals surface area contributed by atoms with Gasteiger partial charge in [0.1, 0.15) is 0 Å². The molecule has 1 rings (SSSR count). The number of rotatable bonds is 1. The summed E-state index contributed by atoms with van der Waals surface area (Å²) in [6.07, 6.45) is -4.65. The predicted octanol–water partition coefficient (Wildman–Crippen LogP) is 1.05. The number of hydrogen-bond acceptors (Lipinski definition) is 2. The van der Waals surface area contributed by atoms with Crippen LogP contribution in [0.1, 0.15) is 19.3 Å². The smallest absolute Gasteiger partial charge is 0.382 e. The Balaban J connectivity index is 2.45. The van der Waals surface area contributed by atoms with Crippen LogP contribution < -0.4 is 5.32 Å². The minimum Gasteiger partial charge on any atom is -0.382 e. The third-order valence-electron chi connectivity index (χ3n) is 2.06. The Labute approximate surface area is 68.8 Å². The van der Waals surface area contributed by atoms with Gasteiger partial charge in [0.15, 0.2) is 6.10 Å². The van der Waals surface area contributed by atoms with Gasteiger partial charge in [-0.3, -0.25) is 0 Å². The van der Waals surface area contributed by atoms with Crippen LogP contribution >= 0.6 is 0 Å². The first-order valence-electron chi connectivity index (χ1n) is 4.00. The molecule has 2 atom stereocenters. The molecule has 0 aromatic heterocycles. The Morgan fingerprint density at radius 3 is 2.42 bits per heavy atom. The minimum atomic E-state index is -4.49. The predicted molar refractivity (Wildman–Crippen MR) is 37.7 cm³/mol. The maximum Gasteiger partial charge on any atom is 0.415 e. The molecule has 0 amide bonds. The third-order valence-corrected chi connectivity index (χ3v) is 2.06. The van der Waals surface area contributed by atoms with Crippen molar-refractivity contribution >= 4 is 0 Å². The average molecular weight is 183 g/mol. The van der Waals surface area contributed by atoms with Crippen molar-refractivity contribution in [2.45, 2.75) is 37.6 Å². The van der Waals surface area contributed by atoms with E-state index < -0.39 is 18.3 Å². The van der Waals surface area contributed by atoms with Crippen LogP contribution in [0.4, 0.5) is 13.2 Å². The molecule has 0 spiro atoms. The number of hydrogen-bond donors (Lipinski definition) is 2. The van der Waals surface area contributed by atoms with E-state index in [9.17, 15) is 13.2 Å². The van der Waals surface area contributed by atoms with E-state index in [2.05, 4.69) is 5.32 Å². The van der Waals surface area contributed by atoms with Crippen LogP contribution in [0.5, 0.6) is 0 Å². The molecule has 0 unspecified atom stereocenters. The lowest BCUT2D eigenvalue weighted by molar-refractivity contribution is -0.213. The normalized spacial score (nSPS) is 28.5. The molecule has 0 aliphatic carbocycles. The Morgan fingerprint density at radius 1 is 1.33 bits per heavy atom. The second-order valence-electron chi connectivity index (χ2n) is 3.04. The molecule has 1 aliphatic heterocycles. The topological polar surface area (TPSA) is 32.3 Å². The summed E-state index contributed by atoms with van der Waals surface area (Å²) in [6, 6.07) is -0.807. The van der Waals surface area contributed by atoms with E-state index in [-0.39, 0.29) is 0 Å². The van der Waals surface area contributed by atoms with E-state index in [1.54, 1.807) is 0 Å². The van der Waals surface area contributed by atoms with E-state index in [0.29, 0.717) is 13.0 Å². The highest BCUT2D eigenvalue weighted by molar-refractivity contribution is 4.83. The van der Waals surface area contributed by atoms with Crippen molar-refractivity contribution in [3.63, 3.8) is 0 Å². The first kappa shape index (κ1) is 9.80. The zero-order valence-electron chi connectivity index (χ0n) is 6.56. The summed E-state index contributed by atoms with van der Waals surface area (Å²) < 4.78 is 35.8. The second-order valence-corrected chi connectivity index (χ2v) is 3.04. The second kappa shape index (κ2) is 3.62. The fourth-order valence-electron chi connectivity index (χ4n) is 1.38. The van der Waals surface area contributed by atoms with Gasteiger partial charge in [0.25, 0.3) is 0 Å². The van der Waals surface area contributed by atoms with Crippen molar-refractivity contribution in [3.05, 3.63) is 0 Å². The van der Waals surface area contributed by atoms with Crippen molar-refractivity contribution < 1.29 is 18.3 Å². The van der Waals surface area contributed by atoms with Gasteiger partial charge in [-0.15, -0.1) is 0 Å². The van der Waals surface area contributed by atoms with Crippen LogP contribution in [-0.4, -0.2) is 30.0 Å². The zero-order valence-corrected chi connectivity index (χ0v) is 6.56. The zero-order chi connectivity index (χ0) is 9.19. The molecule has 1 heterocycles. The molecule has 2 nitrogen and oxygen atoms in total. The Hall–Kier alpha value is -0.290. The quantitative estimate of drug-likeness (QED) is 0.637. The molecule has 2 N–H and O–H groups in total. The van der Waals surface area contributed by atoms with E-state index in [1.165, 1.54) is 0 Å². The van der Waals surface area contributed by atoms with Crippen molar-refractivity contribution in [2.24, 2.45) is 0 Å². The number of nitrogens with one attached hydrogen (secondary N) is 1. The summed E-state index contributed by atoms with van der Waals surface area (Å²) in [6.45, 7) is 0.567. The summed E-state index contributed by atoms with van der Waals surface area (Å²) >= 11 is 0. The molecule has 1 aliphatic rings. The number of halogens is 3. The number of aliphatic hydroxyl groups excluding tert-OH is 1. The molecule has 0 aromatic carbocycles. The van der Waals surface area contributed by atoms with Crippen LogP contribution in [0, 0.1) is 0 Å². The number of aliphatic hydroxyl groups is 1. The van der Waals surface area contributed by atoms with Crippen molar-refractivity contribution in [3.8, 4) is 0 Å². The van der Waals surface area contributed by atoms with Crippen LogP contribution in [0.15, 0.2) is 0 Å². The van der Waals surface area contributed by atoms with Gasteiger partial charge in [-0.05, 0) is 19.4 Å². The van der Waals surface area contributed by atoms with E-state index in [0.717, 1.165) is 12.8 Å². The Bertz CT molecular complexity index is 142. The standard InChI is InChI=1S/C7H12F3NO/c8-7(9,10)6(12)5-3-1-2-4-11-5/h5-6,11-12H,1-4H2/t5-,6-/m0/s1. The fraction of sp³-hybridized carbons (Fsp3) is 1.00. The molecule has 1 fully saturated rings. The highest BCUT2D eigenvalue weighted by Crippen LogP contribution is 2.25. The molecule has 1 saturated heterocycles. The lowest BCUT2D eigenvalue weighted by atomic mass is 10.00. The first-order valence-corrected chi connectivity index (χ1v) is 4.00. The maximum atomic E-state index is 11.9. The van der Waals surface area contributed by atoms with Gasteiger partial charge in [0, 0.05) is 6.04 Å². The van der Waals surface area contributed by atoms with Gasteiger partial charge in [-0.25, -0.2) is 0 Å². The molecular weight excluding hydrogens is 171 g/mol. The molecule has 72 valence electrons. The largest absolute Gasteiger partial charge is 0.415 e. The van der Waals surface area contributed by atoms with E-state index in [4.69, 9.17) is 5.11 Å². The molecule has 0 radical (unpaired) electrons. The molecule has 0 bridgehead atoms. The first-order chi connectivity index (χ1) is 5.52. The summed E-state index contributed by atoms with van der Waals surface area (Å²) in [5.74, 6) is 0. The SMILES string of the molecule is O[C@@H]([C@@H]1CCCCN1)C(F)(F)F. The summed E-state index contributed by atoms with van der Waals surface area (Å²) in [5, 5.41) is 11.5. The summed E-state index contributed by atoms with van der Waals surface area (Å²) in [7, 11) is 0. The summed E-state index contributed by atoms with van der Waals surface area (Å²) in [5.41, 5.74) is 0. The number of alkyl halides is 3. The minimum absolute atomic E-state index is 0.403. The third kappa shape index (κ3) is 2.35. The number of piperidine rings is 1. The highest BCUT2D eigenvalue weighted by Gasteiger charge is 2.43. The molecular formula is C7H12F3NO. The van der Waals surface area contributed by atoms with E-state index >= 15 is 0 Å². The Morgan fingerprint density at radius 2 is 2.00 bits per heavy atom. The van der Waals surface area contributed by atoms with Gasteiger partial charge in [0.05, 0.1) is 0 Å².